The Bertz CT molecular complexity index is 385. The summed E-state index contributed by atoms with van der Waals surface area (Å²) in [5.74, 6) is -2.32. The first kappa shape index (κ1) is 14.1. The lowest BCUT2D eigenvalue weighted by Gasteiger charge is -2.05. The van der Waals surface area contributed by atoms with Gasteiger partial charge >= 0.3 is 0 Å². The molecule has 0 unspecified atom stereocenters. The monoisotopic (exact) mass is 305 g/mol. The van der Waals surface area contributed by atoms with Crippen molar-refractivity contribution in [2.45, 2.75) is 19.3 Å². The molecule has 1 amide bonds. The number of amides is 1. The predicted molar refractivity (Wildman–Crippen MR) is 66.3 cm³/mol. The van der Waals surface area contributed by atoms with E-state index in [0.717, 1.165) is 36.7 Å². The van der Waals surface area contributed by atoms with Crippen LogP contribution < -0.4 is 5.32 Å². The molecule has 0 aromatic heterocycles. The second-order valence-electron chi connectivity index (χ2n) is 3.63. The van der Waals surface area contributed by atoms with Crippen LogP contribution in [0.25, 0.3) is 0 Å². The lowest BCUT2D eigenvalue weighted by atomic mass is 10.2. The third kappa shape index (κ3) is 4.81. The topological polar surface area (TPSA) is 29.1 Å². The average Bonchev–Trinajstić information content (AvgIpc) is 2.32. The highest BCUT2D eigenvalue weighted by molar-refractivity contribution is 9.09. The second-order valence-corrected chi connectivity index (χ2v) is 4.43. The van der Waals surface area contributed by atoms with E-state index in [1.54, 1.807) is 0 Å². The maximum Gasteiger partial charge on any atom is 0.251 e. The summed E-state index contributed by atoms with van der Waals surface area (Å²) in [5, 5.41) is 3.61. The Kier molecular flexibility index (Phi) is 6.11. The van der Waals surface area contributed by atoms with Gasteiger partial charge in [0.1, 0.15) is 0 Å². The maximum atomic E-state index is 12.9. The molecule has 0 aliphatic rings. The van der Waals surface area contributed by atoms with Gasteiger partial charge in [0.05, 0.1) is 0 Å². The maximum absolute atomic E-state index is 12.9. The Morgan fingerprint density at radius 1 is 1.18 bits per heavy atom. The van der Waals surface area contributed by atoms with Gasteiger partial charge in [-0.1, -0.05) is 22.4 Å². The molecule has 17 heavy (non-hydrogen) atoms. The molecule has 1 aromatic carbocycles. The van der Waals surface area contributed by atoms with E-state index in [2.05, 4.69) is 21.2 Å². The summed E-state index contributed by atoms with van der Waals surface area (Å²) < 4.78 is 25.5. The number of alkyl halides is 1. The second kappa shape index (κ2) is 7.37. The molecular formula is C12H14BrF2NO. The predicted octanol–water partition coefficient (Wildman–Crippen LogP) is 3.26. The van der Waals surface area contributed by atoms with Gasteiger partial charge in [-0.15, -0.1) is 0 Å². The molecule has 1 N–H and O–H groups in total. The van der Waals surface area contributed by atoms with Crippen molar-refractivity contribution in [1.82, 2.24) is 5.32 Å². The number of unbranched alkanes of at least 4 members (excludes halogenated alkanes) is 2. The Morgan fingerprint density at radius 2 is 1.94 bits per heavy atom. The van der Waals surface area contributed by atoms with E-state index in [1.807, 2.05) is 0 Å². The van der Waals surface area contributed by atoms with Crippen molar-refractivity contribution in [3.63, 3.8) is 0 Å². The Balaban J connectivity index is 2.39. The molecule has 0 spiro atoms. The van der Waals surface area contributed by atoms with Crippen LogP contribution in [0.4, 0.5) is 8.78 Å². The molecule has 1 aromatic rings. The molecule has 0 heterocycles. The minimum Gasteiger partial charge on any atom is -0.352 e. The van der Waals surface area contributed by atoms with Gasteiger partial charge in [0.15, 0.2) is 11.6 Å². The third-order valence-electron chi connectivity index (χ3n) is 2.28. The fourth-order valence-electron chi connectivity index (χ4n) is 1.34. The standard InChI is InChI=1S/C12H14BrF2NO/c13-6-2-1-3-7-16-12(17)9-4-5-10(14)11(15)8-9/h4-5,8H,1-3,6-7H2,(H,16,17). The van der Waals surface area contributed by atoms with Crippen LogP contribution in [0.2, 0.25) is 0 Å². The summed E-state index contributed by atoms with van der Waals surface area (Å²) in [6.07, 6.45) is 2.95. The first-order chi connectivity index (χ1) is 8.15. The van der Waals surface area contributed by atoms with Crippen molar-refractivity contribution >= 4 is 21.8 Å². The van der Waals surface area contributed by atoms with Crippen LogP contribution in [0, 0.1) is 11.6 Å². The molecule has 0 aliphatic heterocycles. The van der Waals surface area contributed by atoms with Crippen LogP contribution in [0.15, 0.2) is 18.2 Å². The van der Waals surface area contributed by atoms with E-state index in [1.165, 1.54) is 6.07 Å². The first-order valence-electron chi connectivity index (χ1n) is 5.44. The molecule has 0 radical (unpaired) electrons. The quantitative estimate of drug-likeness (QED) is 0.634. The Morgan fingerprint density at radius 3 is 2.59 bits per heavy atom. The number of hydrogen-bond donors (Lipinski definition) is 1. The van der Waals surface area contributed by atoms with Crippen LogP contribution in [0.5, 0.6) is 0 Å². The largest absolute Gasteiger partial charge is 0.352 e. The van der Waals surface area contributed by atoms with Crippen molar-refractivity contribution in [2.24, 2.45) is 0 Å². The zero-order valence-electron chi connectivity index (χ0n) is 9.31. The fourth-order valence-corrected chi connectivity index (χ4v) is 1.73. The van der Waals surface area contributed by atoms with Crippen molar-refractivity contribution < 1.29 is 13.6 Å². The summed E-state index contributed by atoms with van der Waals surface area (Å²) >= 11 is 3.32. The zero-order valence-corrected chi connectivity index (χ0v) is 10.9. The van der Waals surface area contributed by atoms with Crippen LogP contribution >= 0.6 is 15.9 Å². The van der Waals surface area contributed by atoms with Gasteiger partial charge < -0.3 is 5.32 Å². The van der Waals surface area contributed by atoms with Crippen LogP contribution in [0.1, 0.15) is 29.6 Å². The van der Waals surface area contributed by atoms with Gasteiger partial charge in [-0.3, -0.25) is 4.79 Å². The Hall–Kier alpha value is -0.970. The molecule has 2 nitrogen and oxygen atoms in total. The van der Waals surface area contributed by atoms with Crippen molar-refractivity contribution in [3.8, 4) is 0 Å². The Labute approximate surface area is 108 Å². The molecular weight excluding hydrogens is 292 g/mol. The van der Waals surface area contributed by atoms with Gasteiger partial charge in [0, 0.05) is 17.4 Å². The number of rotatable bonds is 6. The van der Waals surface area contributed by atoms with E-state index < -0.39 is 11.6 Å². The van der Waals surface area contributed by atoms with Gasteiger partial charge in [-0.2, -0.15) is 0 Å². The molecule has 0 aliphatic carbocycles. The highest BCUT2D eigenvalue weighted by atomic mass is 79.9. The highest BCUT2D eigenvalue weighted by Gasteiger charge is 2.08. The summed E-state index contributed by atoms with van der Waals surface area (Å²) in [6, 6.07) is 3.13. The summed E-state index contributed by atoms with van der Waals surface area (Å²) in [5.41, 5.74) is 0.143. The van der Waals surface area contributed by atoms with Gasteiger partial charge in [0.25, 0.3) is 5.91 Å². The summed E-state index contributed by atoms with van der Waals surface area (Å²) in [7, 11) is 0. The molecule has 0 bridgehead atoms. The van der Waals surface area contributed by atoms with Crippen molar-refractivity contribution in [2.75, 3.05) is 11.9 Å². The van der Waals surface area contributed by atoms with Gasteiger partial charge in [-0.05, 0) is 31.0 Å². The van der Waals surface area contributed by atoms with E-state index in [0.29, 0.717) is 6.54 Å². The number of hydrogen-bond acceptors (Lipinski definition) is 1. The molecule has 0 fully saturated rings. The van der Waals surface area contributed by atoms with Crippen molar-refractivity contribution in [3.05, 3.63) is 35.4 Å². The number of halogens is 3. The fraction of sp³-hybridized carbons (Fsp3) is 0.417. The molecule has 94 valence electrons. The summed E-state index contributed by atoms with van der Waals surface area (Å²) in [4.78, 5) is 11.5. The lowest BCUT2D eigenvalue weighted by Crippen LogP contribution is -2.24. The van der Waals surface area contributed by atoms with E-state index >= 15 is 0 Å². The van der Waals surface area contributed by atoms with Crippen LogP contribution in [-0.4, -0.2) is 17.8 Å². The smallest absolute Gasteiger partial charge is 0.251 e. The SMILES string of the molecule is O=C(NCCCCCBr)c1ccc(F)c(F)c1. The highest BCUT2D eigenvalue weighted by Crippen LogP contribution is 2.08. The first-order valence-corrected chi connectivity index (χ1v) is 6.56. The minimum atomic E-state index is -1.00. The van der Waals surface area contributed by atoms with Gasteiger partial charge in [0.2, 0.25) is 0 Å². The number of nitrogens with one attached hydrogen (secondary N) is 1. The third-order valence-corrected chi connectivity index (χ3v) is 2.84. The average molecular weight is 306 g/mol. The van der Waals surface area contributed by atoms with Gasteiger partial charge in [-0.25, -0.2) is 8.78 Å². The van der Waals surface area contributed by atoms with E-state index in [9.17, 15) is 13.6 Å². The molecule has 0 saturated carbocycles. The number of carbonyl (C=O) groups is 1. The summed E-state index contributed by atoms with van der Waals surface area (Å²) in [6.45, 7) is 0.546. The molecule has 0 saturated heterocycles. The van der Waals surface area contributed by atoms with Crippen LogP contribution in [-0.2, 0) is 0 Å². The number of benzene rings is 1. The zero-order chi connectivity index (χ0) is 12.7. The molecule has 0 atom stereocenters. The normalized spacial score (nSPS) is 10.3. The lowest BCUT2D eigenvalue weighted by molar-refractivity contribution is 0.0952. The minimum absolute atomic E-state index is 0.143. The van der Waals surface area contributed by atoms with E-state index in [4.69, 9.17) is 0 Å². The molecule has 5 heteroatoms. The van der Waals surface area contributed by atoms with Crippen LogP contribution in [0.3, 0.4) is 0 Å². The number of carbonyl (C=O) groups excluding carboxylic acids is 1. The van der Waals surface area contributed by atoms with Crippen molar-refractivity contribution in [1.29, 1.82) is 0 Å². The van der Waals surface area contributed by atoms with E-state index in [-0.39, 0.29) is 11.5 Å². The molecule has 1 rings (SSSR count).